The first kappa shape index (κ1) is 17.9. The van der Waals surface area contributed by atoms with Gasteiger partial charge in [-0.3, -0.25) is 4.79 Å². The second kappa shape index (κ2) is 7.62. The largest absolute Gasteiger partial charge is 0.381 e. The third-order valence-electron chi connectivity index (χ3n) is 4.70. The first-order valence-electron chi connectivity index (χ1n) is 8.74. The van der Waals surface area contributed by atoms with E-state index in [1.807, 2.05) is 0 Å². The van der Waals surface area contributed by atoms with Gasteiger partial charge in [-0.15, -0.1) is 0 Å². The average Bonchev–Trinajstić information content (AvgIpc) is 3.12. The van der Waals surface area contributed by atoms with Gasteiger partial charge >= 0.3 is 0 Å². The quantitative estimate of drug-likeness (QED) is 0.742. The smallest absolute Gasteiger partial charge is 0.253 e. The number of hydrogen-bond acceptors (Lipinski definition) is 4. The molecule has 2 aromatic heterocycles. The van der Waals surface area contributed by atoms with E-state index < -0.39 is 5.82 Å². The molecule has 6 nitrogen and oxygen atoms in total. The molecule has 1 aliphatic heterocycles. The number of rotatable bonds is 4. The number of imidazole rings is 1. The van der Waals surface area contributed by atoms with Gasteiger partial charge in [-0.1, -0.05) is 17.7 Å². The number of hydrogen-bond donors (Lipinski definition) is 1. The fourth-order valence-corrected chi connectivity index (χ4v) is 3.41. The van der Waals surface area contributed by atoms with Gasteiger partial charge in [0.05, 0.1) is 16.9 Å². The van der Waals surface area contributed by atoms with Crippen LogP contribution in [0, 0.1) is 5.82 Å². The van der Waals surface area contributed by atoms with E-state index in [1.54, 1.807) is 24.7 Å². The molecule has 0 radical (unpaired) electrons. The molecule has 1 saturated heterocycles. The molecule has 1 amide bonds. The Kier molecular flexibility index (Phi) is 5.05. The Labute approximate surface area is 160 Å². The minimum atomic E-state index is -0.485. The molecule has 0 saturated carbocycles. The molecule has 0 spiro atoms. The predicted molar refractivity (Wildman–Crippen MR) is 99.2 cm³/mol. The standard InChI is InChI=1S/C19H18ClFN4O2/c20-15-7-12(1-2-16(15)21)9-23-19(26)13-8-17-18(22-10-13)25(11-24-17)14-3-5-27-6-4-14/h1-2,7-8,10-11,14H,3-6,9H2,(H,23,26). The van der Waals surface area contributed by atoms with E-state index >= 15 is 0 Å². The number of nitrogens with one attached hydrogen (secondary N) is 1. The summed E-state index contributed by atoms with van der Waals surface area (Å²) < 4.78 is 20.7. The normalized spacial score (nSPS) is 15.2. The molecule has 0 unspecified atom stereocenters. The maximum absolute atomic E-state index is 13.2. The molecule has 0 atom stereocenters. The van der Waals surface area contributed by atoms with Crippen molar-refractivity contribution in [3.05, 3.63) is 58.8 Å². The molecule has 3 aromatic rings. The van der Waals surface area contributed by atoms with Crippen LogP contribution in [0.5, 0.6) is 0 Å². The van der Waals surface area contributed by atoms with Crippen molar-refractivity contribution in [1.29, 1.82) is 0 Å². The van der Waals surface area contributed by atoms with E-state index in [0.29, 0.717) is 22.7 Å². The van der Waals surface area contributed by atoms with E-state index in [0.717, 1.165) is 31.7 Å². The average molecular weight is 389 g/mol. The summed E-state index contributed by atoms with van der Waals surface area (Å²) in [7, 11) is 0. The maximum atomic E-state index is 13.2. The molecule has 1 N–H and O–H groups in total. The first-order chi connectivity index (χ1) is 13.1. The molecular weight excluding hydrogens is 371 g/mol. The minimum Gasteiger partial charge on any atom is -0.381 e. The zero-order valence-corrected chi connectivity index (χ0v) is 15.2. The number of carbonyl (C=O) groups excluding carboxylic acids is 1. The number of pyridine rings is 1. The van der Waals surface area contributed by atoms with Crippen molar-refractivity contribution in [1.82, 2.24) is 19.9 Å². The maximum Gasteiger partial charge on any atom is 0.253 e. The molecule has 1 fully saturated rings. The summed E-state index contributed by atoms with van der Waals surface area (Å²) in [5, 5.41) is 2.82. The lowest BCUT2D eigenvalue weighted by molar-refractivity contribution is 0.0704. The number of carbonyl (C=O) groups is 1. The van der Waals surface area contributed by atoms with Crippen LogP contribution >= 0.6 is 11.6 Å². The number of benzene rings is 1. The highest BCUT2D eigenvalue weighted by Crippen LogP contribution is 2.24. The van der Waals surface area contributed by atoms with E-state index in [9.17, 15) is 9.18 Å². The van der Waals surface area contributed by atoms with E-state index in [1.165, 1.54) is 12.1 Å². The Hall–Kier alpha value is -2.51. The number of ether oxygens (including phenoxy) is 1. The van der Waals surface area contributed by atoms with Crippen LogP contribution in [0.2, 0.25) is 5.02 Å². The highest BCUT2D eigenvalue weighted by molar-refractivity contribution is 6.30. The third-order valence-corrected chi connectivity index (χ3v) is 4.99. The van der Waals surface area contributed by atoms with Crippen molar-refractivity contribution in [2.45, 2.75) is 25.4 Å². The number of fused-ring (bicyclic) bond motifs is 1. The zero-order chi connectivity index (χ0) is 18.8. The Balaban J connectivity index is 1.48. The second-order valence-corrected chi connectivity index (χ2v) is 6.90. The van der Waals surface area contributed by atoms with Crippen LogP contribution in [0.25, 0.3) is 11.2 Å². The zero-order valence-electron chi connectivity index (χ0n) is 14.5. The monoisotopic (exact) mass is 388 g/mol. The van der Waals surface area contributed by atoms with E-state index in [-0.39, 0.29) is 17.5 Å². The summed E-state index contributed by atoms with van der Waals surface area (Å²) in [6.45, 7) is 1.71. The molecule has 27 heavy (non-hydrogen) atoms. The van der Waals surface area contributed by atoms with Crippen LogP contribution in [-0.4, -0.2) is 33.7 Å². The number of halogens is 2. The summed E-state index contributed by atoms with van der Waals surface area (Å²) in [5.41, 5.74) is 2.59. The van der Waals surface area contributed by atoms with E-state index in [4.69, 9.17) is 16.3 Å². The van der Waals surface area contributed by atoms with Crippen molar-refractivity contribution in [3.8, 4) is 0 Å². The molecule has 0 aliphatic carbocycles. The topological polar surface area (TPSA) is 69.0 Å². The summed E-state index contributed by atoms with van der Waals surface area (Å²) in [4.78, 5) is 21.3. The summed E-state index contributed by atoms with van der Waals surface area (Å²) in [6, 6.07) is 6.40. The van der Waals surface area contributed by atoms with Crippen LogP contribution in [0.3, 0.4) is 0 Å². The molecular formula is C19H18ClFN4O2. The van der Waals surface area contributed by atoms with Crippen molar-refractivity contribution in [3.63, 3.8) is 0 Å². The van der Waals surface area contributed by atoms with Gasteiger partial charge in [0.1, 0.15) is 11.3 Å². The van der Waals surface area contributed by atoms with Crippen molar-refractivity contribution in [2.24, 2.45) is 0 Å². The van der Waals surface area contributed by atoms with Gasteiger partial charge in [0, 0.05) is 32.0 Å². The molecule has 8 heteroatoms. The Bertz CT molecular complexity index is 985. The van der Waals surface area contributed by atoms with Crippen LogP contribution in [0.15, 0.2) is 36.8 Å². The lowest BCUT2D eigenvalue weighted by Crippen LogP contribution is -2.23. The first-order valence-corrected chi connectivity index (χ1v) is 9.12. The van der Waals surface area contributed by atoms with Gasteiger partial charge in [0.15, 0.2) is 5.65 Å². The van der Waals surface area contributed by atoms with Crippen LogP contribution in [-0.2, 0) is 11.3 Å². The SMILES string of the molecule is O=C(NCc1ccc(F)c(Cl)c1)c1cnc2c(c1)ncn2C1CCOCC1. The molecule has 1 aromatic carbocycles. The van der Waals surface area contributed by atoms with Gasteiger partial charge in [0.25, 0.3) is 5.91 Å². The molecule has 3 heterocycles. The number of amides is 1. The summed E-state index contributed by atoms with van der Waals surface area (Å²) in [5.74, 6) is -0.757. The number of nitrogens with zero attached hydrogens (tertiary/aromatic N) is 3. The highest BCUT2D eigenvalue weighted by atomic mass is 35.5. The Morgan fingerprint density at radius 3 is 2.89 bits per heavy atom. The Morgan fingerprint density at radius 2 is 2.11 bits per heavy atom. The summed E-state index contributed by atoms with van der Waals surface area (Å²) >= 11 is 5.76. The predicted octanol–water partition coefficient (Wildman–Crippen LogP) is 3.51. The van der Waals surface area contributed by atoms with Crippen molar-refractivity contribution >= 4 is 28.7 Å². The second-order valence-electron chi connectivity index (χ2n) is 6.49. The molecule has 140 valence electrons. The van der Waals surface area contributed by atoms with Gasteiger partial charge in [-0.25, -0.2) is 14.4 Å². The van der Waals surface area contributed by atoms with Crippen LogP contribution in [0.1, 0.15) is 34.8 Å². The molecule has 0 bridgehead atoms. The lowest BCUT2D eigenvalue weighted by Gasteiger charge is -2.23. The van der Waals surface area contributed by atoms with Crippen molar-refractivity contribution in [2.75, 3.05) is 13.2 Å². The van der Waals surface area contributed by atoms with Gasteiger partial charge < -0.3 is 14.6 Å². The number of aromatic nitrogens is 3. The Morgan fingerprint density at radius 1 is 1.30 bits per heavy atom. The molecule has 1 aliphatic rings. The third kappa shape index (κ3) is 3.79. The highest BCUT2D eigenvalue weighted by Gasteiger charge is 2.19. The van der Waals surface area contributed by atoms with E-state index in [2.05, 4.69) is 19.9 Å². The lowest BCUT2D eigenvalue weighted by atomic mass is 10.1. The molecule has 4 rings (SSSR count). The van der Waals surface area contributed by atoms with Crippen molar-refractivity contribution < 1.29 is 13.9 Å². The van der Waals surface area contributed by atoms with Gasteiger partial charge in [-0.05, 0) is 36.6 Å². The fourth-order valence-electron chi connectivity index (χ4n) is 3.21. The van der Waals surface area contributed by atoms with Crippen LogP contribution < -0.4 is 5.32 Å². The minimum absolute atomic E-state index is 0.0310. The van der Waals surface area contributed by atoms with Gasteiger partial charge in [-0.2, -0.15) is 0 Å². The summed E-state index contributed by atoms with van der Waals surface area (Å²) in [6.07, 6.45) is 5.17. The van der Waals surface area contributed by atoms with Crippen LogP contribution in [0.4, 0.5) is 4.39 Å². The fraction of sp³-hybridized carbons (Fsp3) is 0.316. The van der Waals surface area contributed by atoms with Gasteiger partial charge in [0.2, 0.25) is 0 Å².